The van der Waals surface area contributed by atoms with E-state index in [0.29, 0.717) is 5.41 Å². The van der Waals surface area contributed by atoms with Crippen LogP contribution in [0, 0.1) is 5.41 Å². The van der Waals surface area contributed by atoms with Crippen molar-refractivity contribution < 1.29 is 0 Å². The van der Waals surface area contributed by atoms with Crippen LogP contribution in [-0.2, 0) is 6.42 Å². The van der Waals surface area contributed by atoms with Crippen LogP contribution in [0.15, 0.2) is 15.9 Å². The Hall–Kier alpha value is 0.140. The minimum atomic E-state index is 0.394. The van der Waals surface area contributed by atoms with Crippen molar-refractivity contribution in [2.24, 2.45) is 5.41 Å². The first kappa shape index (κ1) is 14.2. The quantitative estimate of drug-likeness (QED) is 0.733. The van der Waals surface area contributed by atoms with Gasteiger partial charge in [-0.05, 0) is 59.8 Å². The summed E-state index contributed by atoms with van der Waals surface area (Å²) >= 11 is 5.36. The first-order valence-corrected chi connectivity index (χ1v) is 7.64. The lowest BCUT2D eigenvalue weighted by molar-refractivity contribution is 0.328. The zero-order valence-electron chi connectivity index (χ0n) is 10.5. The van der Waals surface area contributed by atoms with E-state index < -0.39 is 0 Å². The van der Waals surface area contributed by atoms with Crippen LogP contribution in [0.5, 0.6) is 0 Å². The summed E-state index contributed by atoms with van der Waals surface area (Å²) in [6.07, 6.45) is 3.64. The fourth-order valence-corrected chi connectivity index (χ4v) is 3.44. The van der Waals surface area contributed by atoms with E-state index >= 15 is 0 Å². The summed E-state index contributed by atoms with van der Waals surface area (Å²) < 4.78 is 1.22. The first-order chi connectivity index (χ1) is 7.53. The number of halogens is 1. The Morgan fingerprint density at radius 3 is 2.69 bits per heavy atom. The molecule has 3 heteroatoms. The third-order valence-electron chi connectivity index (χ3n) is 2.68. The molecule has 1 aromatic rings. The van der Waals surface area contributed by atoms with Crippen LogP contribution >= 0.6 is 27.3 Å². The average molecular weight is 304 g/mol. The van der Waals surface area contributed by atoms with E-state index in [4.69, 9.17) is 0 Å². The summed E-state index contributed by atoms with van der Waals surface area (Å²) in [6.45, 7) is 9.19. The highest BCUT2D eigenvalue weighted by atomic mass is 79.9. The van der Waals surface area contributed by atoms with Crippen molar-refractivity contribution in [3.8, 4) is 0 Å². The molecule has 0 aliphatic heterocycles. The molecular formula is C13H22BrNS. The molecule has 0 saturated heterocycles. The largest absolute Gasteiger partial charge is 0.317 e. The molecule has 1 nitrogen and oxygen atoms in total. The molecule has 1 aromatic heterocycles. The van der Waals surface area contributed by atoms with E-state index in [1.165, 1.54) is 28.6 Å². The summed E-state index contributed by atoms with van der Waals surface area (Å²) in [5.41, 5.74) is 0.394. The van der Waals surface area contributed by atoms with Gasteiger partial charge in [-0.2, -0.15) is 0 Å². The van der Waals surface area contributed by atoms with Crippen LogP contribution in [0.25, 0.3) is 0 Å². The molecule has 0 radical (unpaired) electrons. The Bertz CT molecular complexity index is 307. The Morgan fingerprint density at radius 1 is 1.38 bits per heavy atom. The lowest BCUT2D eigenvalue weighted by Gasteiger charge is -2.24. The smallest absolute Gasteiger partial charge is 0.0285 e. The van der Waals surface area contributed by atoms with Gasteiger partial charge in [0.05, 0.1) is 0 Å². The van der Waals surface area contributed by atoms with Crippen LogP contribution in [0.2, 0.25) is 0 Å². The second-order valence-corrected chi connectivity index (χ2v) is 6.98. The van der Waals surface area contributed by atoms with Gasteiger partial charge < -0.3 is 5.32 Å². The van der Waals surface area contributed by atoms with Crippen LogP contribution < -0.4 is 5.32 Å². The van der Waals surface area contributed by atoms with Gasteiger partial charge in [0.2, 0.25) is 0 Å². The van der Waals surface area contributed by atoms with Gasteiger partial charge in [-0.1, -0.05) is 20.8 Å². The minimum absolute atomic E-state index is 0.394. The number of thiophene rings is 1. The maximum atomic E-state index is 3.51. The van der Waals surface area contributed by atoms with E-state index in [0.717, 1.165) is 13.1 Å². The highest BCUT2D eigenvalue weighted by Gasteiger charge is 2.18. The van der Waals surface area contributed by atoms with Crippen molar-refractivity contribution in [3.63, 3.8) is 0 Å². The fourth-order valence-electron chi connectivity index (χ4n) is 1.74. The average Bonchev–Trinajstić information content (AvgIpc) is 2.58. The van der Waals surface area contributed by atoms with Crippen molar-refractivity contribution in [1.82, 2.24) is 5.32 Å². The highest BCUT2D eigenvalue weighted by Crippen LogP contribution is 2.30. The Morgan fingerprint density at radius 2 is 2.12 bits per heavy atom. The molecule has 1 N–H and O–H groups in total. The number of hydrogen-bond donors (Lipinski definition) is 1. The predicted molar refractivity (Wildman–Crippen MR) is 77.3 cm³/mol. The second kappa shape index (κ2) is 6.77. The van der Waals surface area contributed by atoms with Gasteiger partial charge in [0.25, 0.3) is 0 Å². The van der Waals surface area contributed by atoms with E-state index in [1.54, 1.807) is 0 Å². The Balaban J connectivity index is 2.33. The van der Waals surface area contributed by atoms with Crippen LogP contribution in [0.1, 0.15) is 38.5 Å². The van der Waals surface area contributed by atoms with E-state index in [2.05, 4.69) is 53.5 Å². The fraction of sp³-hybridized carbons (Fsp3) is 0.692. The molecule has 92 valence electrons. The monoisotopic (exact) mass is 303 g/mol. The Labute approximate surface area is 112 Å². The summed E-state index contributed by atoms with van der Waals surface area (Å²) in [7, 11) is 0. The molecule has 0 atom stereocenters. The van der Waals surface area contributed by atoms with E-state index in [1.807, 2.05) is 11.3 Å². The van der Waals surface area contributed by atoms with Crippen molar-refractivity contribution in [3.05, 3.63) is 20.8 Å². The van der Waals surface area contributed by atoms with Gasteiger partial charge in [0.1, 0.15) is 0 Å². The molecule has 16 heavy (non-hydrogen) atoms. The molecule has 0 saturated carbocycles. The van der Waals surface area contributed by atoms with Gasteiger partial charge in [0.15, 0.2) is 0 Å². The van der Waals surface area contributed by atoms with Crippen LogP contribution in [0.3, 0.4) is 0 Å². The zero-order chi connectivity index (χ0) is 12.0. The van der Waals surface area contributed by atoms with Crippen molar-refractivity contribution in [2.75, 3.05) is 13.1 Å². The van der Waals surface area contributed by atoms with Gasteiger partial charge in [-0.15, -0.1) is 11.3 Å². The molecule has 0 bridgehead atoms. The van der Waals surface area contributed by atoms with Crippen molar-refractivity contribution in [2.45, 2.75) is 40.0 Å². The molecule has 1 heterocycles. The standard InChI is InChI=1S/C13H22BrNS/c1-4-6-15-7-5-13(2,3)9-12-8-11(14)10-16-12/h8,10,15H,4-7,9H2,1-3H3. The number of hydrogen-bond acceptors (Lipinski definition) is 2. The van der Waals surface area contributed by atoms with Gasteiger partial charge in [-0.25, -0.2) is 0 Å². The molecule has 0 fully saturated rings. The molecule has 0 aliphatic carbocycles. The minimum Gasteiger partial charge on any atom is -0.317 e. The molecule has 0 aromatic carbocycles. The summed E-state index contributed by atoms with van der Waals surface area (Å²) in [6, 6.07) is 2.24. The Kier molecular flexibility index (Phi) is 6.01. The molecule has 0 unspecified atom stereocenters. The van der Waals surface area contributed by atoms with Gasteiger partial charge in [-0.3, -0.25) is 0 Å². The SMILES string of the molecule is CCCNCCC(C)(C)Cc1cc(Br)cs1. The number of nitrogens with one attached hydrogen (secondary N) is 1. The molecule has 0 aliphatic rings. The van der Waals surface area contributed by atoms with E-state index in [9.17, 15) is 0 Å². The predicted octanol–water partition coefficient (Wildman–Crippen LogP) is 4.47. The summed E-state index contributed by atoms with van der Waals surface area (Å²) in [5, 5.41) is 5.64. The van der Waals surface area contributed by atoms with E-state index in [-0.39, 0.29) is 0 Å². The lowest BCUT2D eigenvalue weighted by atomic mass is 9.85. The normalized spacial score (nSPS) is 12.0. The van der Waals surface area contributed by atoms with Crippen LogP contribution in [-0.4, -0.2) is 13.1 Å². The molecule has 0 amide bonds. The third-order valence-corrected chi connectivity index (χ3v) is 4.38. The zero-order valence-corrected chi connectivity index (χ0v) is 12.9. The van der Waals surface area contributed by atoms with Crippen molar-refractivity contribution >= 4 is 27.3 Å². The summed E-state index contributed by atoms with van der Waals surface area (Å²) in [5.74, 6) is 0. The first-order valence-electron chi connectivity index (χ1n) is 5.97. The third kappa shape index (κ3) is 5.46. The lowest BCUT2D eigenvalue weighted by Crippen LogP contribution is -2.24. The summed E-state index contributed by atoms with van der Waals surface area (Å²) in [4.78, 5) is 1.48. The van der Waals surface area contributed by atoms with Gasteiger partial charge >= 0.3 is 0 Å². The van der Waals surface area contributed by atoms with Crippen molar-refractivity contribution in [1.29, 1.82) is 0 Å². The highest BCUT2D eigenvalue weighted by molar-refractivity contribution is 9.10. The second-order valence-electron chi connectivity index (χ2n) is 5.07. The molecule has 0 spiro atoms. The maximum absolute atomic E-state index is 3.51. The molecular weight excluding hydrogens is 282 g/mol. The van der Waals surface area contributed by atoms with Crippen LogP contribution in [0.4, 0.5) is 0 Å². The maximum Gasteiger partial charge on any atom is 0.0285 e. The number of rotatable bonds is 7. The molecule has 1 rings (SSSR count). The van der Waals surface area contributed by atoms with Gasteiger partial charge in [0, 0.05) is 14.7 Å². The topological polar surface area (TPSA) is 12.0 Å².